The number of ether oxygens (including phenoxy) is 2. The maximum Gasteiger partial charge on any atom is 0.0685 e. The summed E-state index contributed by atoms with van der Waals surface area (Å²) in [7, 11) is 1.77. The highest BCUT2D eigenvalue weighted by Crippen LogP contribution is 2.45. The van der Waals surface area contributed by atoms with E-state index in [-0.39, 0.29) is 17.2 Å². The summed E-state index contributed by atoms with van der Waals surface area (Å²) in [5.41, 5.74) is 6.47. The SMILES string of the molecule is COC(C)(C)CC(N)C1CCOC2(CCC2)C1. The second kappa shape index (κ2) is 4.87. The van der Waals surface area contributed by atoms with Crippen LogP contribution in [-0.2, 0) is 9.47 Å². The predicted molar refractivity (Wildman–Crippen MR) is 68.9 cm³/mol. The van der Waals surface area contributed by atoms with E-state index in [1.54, 1.807) is 7.11 Å². The normalized spacial score (nSPS) is 30.0. The lowest BCUT2D eigenvalue weighted by Crippen LogP contribution is -2.50. The van der Waals surface area contributed by atoms with Crippen LogP contribution in [-0.4, -0.2) is 31.0 Å². The first-order valence-corrected chi connectivity index (χ1v) is 6.91. The minimum Gasteiger partial charge on any atom is -0.379 e. The zero-order chi connectivity index (χ0) is 12.5. The molecule has 3 nitrogen and oxygen atoms in total. The number of methoxy groups -OCH3 is 1. The second-order valence-electron chi connectivity index (χ2n) is 6.47. The zero-order valence-electron chi connectivity index (χ0n) is 11.5. The smallest absolute Gasteiger partial charge is 0.0685 e. The Bertz CT molecular complexity index is 261. The maximum absolute atomic E-state index is 6.37. The van der Waals surface area contributed by atoms with E-state index >= 15 is 0 Å². The summed E-state index contributed by atoms with van der Waals surface area (Å²) >= 11 is 0. The molecule has 1 saturated heterocycles. The molecule has 0 bridgehead atoms. The average Bonchev–Trinajstić information content (AvgIpc) is 2.26. The quantitative estimate of drug-likeness (QED) is 0.822. The summed E-state index contributed by atoms with van der Waals surface area (Å²) in [5, 5.41) is 0. The fourth-order valence-corrected chi connectivity index (χ4v) is 3.17. The summed E-state index contributed by atoms with van der Waals surface area (Å²) in [6.45, 7) is 5.13. The van der Waals surface area contributed by atoms with E-state index in [4.69, 9.17) is 15.2 Å². The van der Waals surface area contributed by atoms with Gasteiger partial charge in [0.25, 0.3) is 0 Å². The molecule has 0 aromatic heterocycles. The van der Waals surface area contributed by atoms with Crippen LogP contribution in [0, 0.1) is 5.92 Å². The van der Waals surface area contributed by atoms with Gasteiger partial charge in [-0.05, 0) is 58.3 Å². The molecule has 0 radical (unpaired) electrons. The van der Waals surface area contributed by atoms with Crippen LogP contribution in [0.3, 0.4) is 0 Å². The molecule has 1 aliphatic heterocycles. The first-order valence-electron chi connectivity index (χ1n) is 6.91. The third-order valence-corrected chi connectivity index (χ3v) is 4.68. The minimum atomic E-state index is -0.107. The molecule has 2 N–H and O–H groups in total. The van der Waals surface area contributed by atoms with Gasteiger partial charge in [-0.2, -0.15) is 0 Å². The lowest BCUT2D eigenvalue weighted by molar-refractivity contribution is -0.148. The van der Waals surface area contributed by atoms with E-state index in [9.17, 15) is 0 Å². The van der Waals surface area contributed by atoms with Gasteiger partial charge in [0.2, 0.25) is 0 Å². The summed E-state index contributed by atoms with van der Waals surface area (Å²) in [5.74, 6) is 0.610. The van der Waals surface area contributed by atoms with E-state index in [1.165, 1.54) is 19.3 Å². The molecule has 2 fully saturated rings. The first kappa shape index (κ1) is 13.3. The predicted octanol–water partition coefficient (Wildman–Crippen LogP) is 2.48. The highest BCUT2D eigenvalue weighted by atomic mass is 16.5. The summed E-state index contributed by atoms with van der Waals surface area (Å²) in [4.78, 5) is 0. The molecular weight excluding hydrogens is 214 g/mol. The molecule has 1 saturated carbocycles. The molecule has 2 rings (SSSR count). The Hall–Kier alpha value is -0.120. The van der Waals surface area contributed by atoms with Crippen molar-refractivity contribution in [3.05, 3.63) is 0 Å². The van der Waals surface area contributed by atoms with Crippen molar-refractivity contribution in [2.75, 3.05) is 13.7 Å². The van der Waals surface area contributed by atoms with Gasteiger partial charge in [0, 0.05) is 19.8 Å². The Morgan fingerprint density at radius 2 is 2.18 bits per heavy atom. The third-order valence-electron chi connectivity index (χ3n) is 4.68. The van der Waals surface area contributed by atoms with Gasteiger partial charge in [-0.15, -0.1) is 0 Å². The number of nitrogens with two attached hydrogens (primary N) is 1. The molecular formula is C14H27NO2. The Morgan fingerprint density at radius 1 is 1.47 bits per heavy atom. The van der Waals surface area contributed by atoms with Crippen LogP contribution >= 0.6 is 0 Å². The van der Waals surface area contributed by atoms with Gasteiger partial charge in [-0.25, -0.2) is 0 Å². The van der Waals surface area contributed by atoms with Crippen LogP contribution < -0.4 is 5.73 Å². The Kier molecular flexibility index (Phi) is 3.81. The van der Waals surface area contributed by atoms with Crippen LogP contribution in [0.4, 0.5) is 0 Å². The average molecular weight is 241 g/mol. The van der Waals surface area contributed by atoms with Crippen LogP contribution in [0.15, 0.2) is 0 Å². The van der Waals surface area contributed by atoms with Gasteiger partial charge in [0.05, 0.1) is 11.2 Å². The topological polar surface area (TPSA) is 44.5 Å². The number of rotatable bonds is 4. The van der Waals surface area contributed by atoms with Gasteiger partial charge in [-0.1, -0.05) is 0 Å². The molecule has 2 aliphatic rings. The van der Waals surface area contributed by atoms with Gasteiger partial charge < -0.3 is 15.2 Å². The molecule has 1 spiro atoms. The molecule has 1 heterocycles. The van der Waals surface area contributed by atoms with E-state index in [0.29, 0.717) is 5.92 Å². The van der Waals surface area contributed by atoms with Crippen molar-refractivity contribution in [3.8, 4) is 0 Å². The van der Waals surface area contributed by atoms with Crippen molar-refractivity contribution in [2.45, 2.75) is 69.6 Å². The lowest BCUT2D eigenvalue weighted by atomic mass is 9.69. The minimum absolute atomic E-state index is 0.107. The van der Waals surface area contributed by atoms with Gasteiger partial charge in [-0.3, -0.25) is 0 Å². The monoisotopic (exact) mass is 241 g/mol. The Morgan fingerprint density at radius 3 is 2.71 bits per heavy atom. The van der Waals surface area contributed by atoms with Crippen LogP contribution in [0.1, 0.15) is 52.4 Å². The van der Waals surface area contributed by atoms with Crippen molar-refractivity contribution in [2.24, 2.45) is 11.7 Å². The first-order chi connectivity index (χ1) is 7.96. The van der Waals surface area contributed by atoms with Crippen LogP contribution in [0.2, 0.25) is 0 Å². The summed E-state index contributed by atoms with van der Waals surface area (Å²) in [6, 6.07) is 0.242. The lowest BCUT2D eigenvalue weighted by Gasteiger charge is -2.48. The molecule has 17 heavy (non-hydrogen) atoms. The van der Waals surface area contributed by atoms with Crippen molar-refractivity contribution < 1.29 is 9.47 Å². The Balaban J connectivity index is 1.88. The van der Waals surface area contributed by atoms with Crippen molar-refractivity contribution in [1.82, 2.24) is 0 Å². The molecule has 0 aromatic carbocycles. The fraction of sp³-hybridized carbons (Fsp3) is 1.00. The maximum atomic E-state index is 6.37. The molecule has 2 unspecified atom stereocenters. The van der Waals surface area contributed by atoms with E-state index in [0.717, 1.165) is 25.9 Å². The summed E-state index contributed by atoms with van der Waals surface area (Å²) < 4.78 is 11.4. The summed E-state index contributed by atoms with van der Waals surface area (Å²) in [6.07, 6.45) is 7.01. The third kappa shape index (κ3) is 3.01. The molecule has 3 heteroatoms. The van der Waals surface area contributed by atoms with Gasteiger partial charge in [0.15, 0.2) is 0 Å². The Labute approximate surface area is 105 Å². The van der Waals surface area contributed by atoms with Crippen molar-refractivity contribution in [1.29, 1.82) is 0 Å². The van der Waals surface area contributed by atoms with E-state index in [2.05, 4.69) is 13.8 Å². The number of hydrogen-bond acceptors (Lipinski definition) is 3. The van der Waals surface area contributed by atoms with E-state index in [1.807, 2.05) is 0 Å². The van der Waals surface area contributed by atoms with Crippen LogP contribution in [0.5, 0.6) is 0 Å². The van der Waals surface area contributed by atoms with Gasteiger partial charge >= 0.3 is 0 Å². The molecule has 0 aromatic rings. The standard InChI is InChI=1S/C14H27NO2/c1-13(2,16-3)10-12(15)11-5-8-17-14(9-11)6-4-7-14/h11-12H,4-10,15H2,1-3H3. The van der Waals surface area contributed by atoms with Crippen molar-refractivity contribution in [3.63, 3.8) is 0 Å². The zero-order valence-corrected chi connectivity index (χ0v) is 11.5. The highest BCUT2D eigenvalue weighted by molar-refractivity contribution is 4.96. The highest BCUT2D eigenvalue weighted by Gasteiger charge is 2.44. The van der Waals surface area contributed by atoms with Crippen molar-refractivity contribution >= 4 is 0 Å². The van der Waals surface area contributed by atoms with E-state index < -0.39 is 0 Å². The van der Waals surface area contributed by atoms with Gasteiger partial charge in [0.1, 0.15) is 0 Å². The molecule has 1 aliphatic carbocycles. The van der Waals surface area contributed by atoms with Crippen LogP contribution in [0.25, 0.3) is 0 Å². The molecule has 0 amide bonds. The second-order valence-corrected chi connectivity index (χ2v) is 6.47. The fourth-order valence-electron chi connectivity index (χ4n) is 3.17. The number of hydrogen-bond donors (Lipinski definition) is 1. The molecule has 2 atom stereocenters. The largest absolute Gasteiger partial charge is 0.379 e. The molecule has 100 valence electrons.